The molecule has 3 rings (SSSR count). The van der Waals surface area contributed by atoms with Crippen molar-refractivity contribution in [1.29, 1.82) is 0 Å². The van der Waals surface area contributed by atoms with Gasteiger partial charge in [-0.05, 0) is 62.8 Å². The van der Waals surface area contributed by atoms with Gasteiger partial charge in [-0.1, -0.05) is 6.07 Å². The standard InChI is InChI=1S/C16H23FN2/c17-15-12-13(11-14-5-4-8-18-14)6-7-16(15)19-9-2-1-3-10-19/h6-7,12,14,18H,1-5,8-11H2. The number of rotatable bonds is 3. The molecule has 2 saturated heterocycles. The molecule has 0 aromatic heterocycles. The molecule has 2 aliphatic rings. The lowest BCUT2D eigenvalue weighted by Crippen LogP contribution is -2.30. The van der Waals surface area contributed by atoms with Crippen LogP contribution in [-0.4, -0.2) is 25.7 Å². The summed E-state index contributed by atoms with van der Waals surface area (Å²) < 4.78 is 14.2. The summed E-state index contributed by atoms with van der Waals surface area (Å²) >= 11 is 0. The van der Waals surface area contributed by atoms with Crippen molar-refractivity contribution in [3.8, 4) is 0 Å². The fraction of sp³-hybridized carbons (Fsp3) is 0.625. The Morgan fingerprint density at radius 3 is 2.68 bits per heavy atom. The number of nitrogens with zero attached hydrogens (tertiary/aromatic N) is 1. The number of benzene rings is 1. The quantitative estimate of drug-likeness (QED) is 0.900. The smallest absolute Gasteiger partial charge is 0.146 e. The van der Waals surface area contributed by atoms with Crippen molar-refractivity contribution in [1.82, 2.24) is 5.32 Å². The second-order valence-corrected chi connectivity index (χ2v) is 5.83. The largest absolute Gasteiger partial charge is 0.369 e. The molecule has 1 atom stereocenters. The molecule has 19 heavy (non-hydrogen) atoms. The molecule has 1 unspecified atom stereocenters. The Hall–Kier alpha value is -1.09. The minimum Gasteiger partial charge on any atom is -0.369 e. The Labute approximate surface area is 115 Å². The normalized spacial score (nSPS) is 23.8. The maximum Gasteiger partial charge on any atom is 0.146 e. The maximum absolute atomic E-state index is 14.2. The summed E-state index contributed by atoms with van der Waals surface area (Å²) in [5.74, 6) is -0.0441. The van der Waals surface area contributed by atoms with E-state index in [0.717, 1.165) is 37.3 Å². The highest BCUT2D eigenvalue weighted by Gasteiger charge is 2.17. The van der Waals surface area contributed by atoms with Crippen molar-refractivity contribution >= 4 is 5.69 Å². The van der Waals surface area contributed by atoms with E-state index in [1.165, 1.54) is 32.1 Å². The molecule has 1 aromatic rings. The first-order valence-electron chi connectivity index (χ1n) is 7.60. The van der Waals surface area contributed by atoms with Gasteiger partial charge in [0.1, 0.15) is 5.82 Å². The zero-order valence-corrected chi connectivity index (χ0v) is 11.5. The maximum atomic E-state index is 14.2. The number of nitrogens with one attached hydrogen (secondary N) is 1. The molecule has 0 radical (unpaired) electrons. The van der Waals surface area contributed by atoms with Crippen LogP contribution in [0.4, 0.5) is 10.1 Å². The van der Waals surface area contributed by atoms with E-state index < -0.39 is 0 Å². The van der Waals surface area contributed by atoms with Gasteiger partial charge in [0.05, 0.1) is 5.69 Å². The molecule has 2 nitrogen and oxygen atoms in total. The molecule has 1 N–H and O–H groups in total. The van der Waals surface area contributed by atoms with Crippen molar-refractivity contribution < 1.29 is 4.39 Å². The first kappa shape index (κ1) is 12.9. The lowest BCUT2D eigenvalue weighted by molar-refractivity contribution is 0.554. The van der Waals surface area contributed by atoms with Crippen LogP contribution in [0.3, 0.4) is 0 Å². The summed E-state index contributed by atoms with van der Waals surface area (Å²) in [5.41, 5.74) is 1.92. The van der Waals surface area contributed by atoms with E-state index in [4.69, 9.17) is 0 Å². The van der Waals surface area contributed by atoms with E-state index in [0.29, 0.717) is 6.04 Å². The lowest BCUT2D eigenvalue weighted by atomic mass is 10.0. The number of anilines is 1. The number of hydrogen-bond acceptors (Lipinski definition) is 2. The van der Waals surface area contributed by atoms with Crippen LogP contribution in [0, 0.1) is 5.82 Å². The molecular formula is C16H23FN2. The van der Waals surface area contributed by atoms with Crippen molar-refractivity contribution in [2.45, 2.75) is 44.6 Å². The molecule has 2 aliphatic heterocycles. The first-order valence-corrected chi connectivity index (χ1v) is 7.60. The highest BCUT2D eigenvalue weighted by Crippen LogP contribution is 2.25. The van der Waals surface area contributed by atoms with Crippen molar-refractivity contribution in [3.05, 3.63) is 29.6 Å². The van der Waals surface area contributed by atoms with Crippen LogP contribution in [-0.2, 0) is 6.42 Å². The Morgan fingerprint density at radius 2 is 2.00 bits per heavy atom. The summed E-state index contributed by atoms with van der Waals surface area (Å²) in [6, 6.07) is 6.36. The number of hydrogen-bond donors (Lipinski definition) is 1. The second-order valence-electron chi connectivity index (χ2n) is 5.83. The van der Waals surface area contributed by atoms with E-state index in [1.807, 2.05) is 6.07 Å². The summed E-state index contributed by atoms with van der Waals surface area (Å²) in [7, 11) is 0. The molecule has 0 aliphatic carbocycles. The van der Waals surface area contributed by atoms with Gasteiger partial charge in [0.2, 0.25) is 0 Å². The Morgan fingerprint density at radius 1 is 1.16 bits per heavy atom. The van der Waals surface area contributed by atoms with Gasteiger partial charge in [-0.3, -0.25) is 0 Å². The summed E-state index contributed by atoms with van der Waals surface area (Å²) in [5, 5.41) is 3.47. The Bertz CT molecular complexity index is 421. The topological polar surface area (TPSA) is 15.3 Å². The zero-order valence-electron chi connectivity index (χ0n) is 11.5. The van der Waals surface area contributed by atoms with E-state index in [1.54, 1.807) is 6.07 Å². The van der Waals surface area contributed by atoms with Crippen molar-refractivity contribution in [3.63, 3.8) is 0 Å². The molecular weight excluding hydrogens is 239 g/mol. The molecule has 2 fully saturated rings. The average molecular weight is 262 g/mol. The summed E-state index contributed by atoms with van der Waals surface area (Å²) in [6.45, 7) is 3.11. The van der Waals surface area contributed by atoms with Crippen LogP contribution in [0.1, 0.15) is 37.7 Å². The van der Waals surface area contributed by atoms with Gasteiger partial charge >= 0.3 is 0 Å². The van der Waals surface area contributed by atoms with Crippen LogP contribution < -0.4 is 10.2 Å². The minimum atomic E-state index is -0.0441. The van der Waals surface area contributed by atoms with Crippen LogP contribution in [0.15, 0.2) is 18.2 Å². The third kappa shape index (κ3) is 3.08. The van der Waals surface area contributed by atoms with E-state index in [9.17, 15) is 4.39 Å². The fourth-order valence-electron chi connectivity index (χ4n) is 3.28. The summed E-state index contributed by atoms with van der Waals surface area (Å²) in [4.78, 5) is 2.19. The SMILES string of the molecule is Fc1cc(CC2CCCN2)ccc1N1CCCCC1. The molecule has 104 valence electrons. The first-order chi connectivity index (χ1) is 9.33. The molecule has 0 spiro atoms. The van der Waals surface area contributed by atoms with E-state index in [-0.39, 0.29) is 5.82 Å². The van der Waals surface area contributed by atoms with Crippen LogP contribution in [0.2, 0.25) is 0 Å². The molecule has 0 bridgehead atoms. The monoisotopic (exact) mass is 262 g/mol. The van der Waals surface area contributed by atoms with Crippen molar-refractivity contribution in [2.24, 2.45) is 0 Å². The second kappa shape index (κ2) is 5.91. The van der Waals surface area contributed by atoms with Crippen LogP contribution in [0.5, 0.6) is 0 Å². The van der Waals surface area contributed by atoms with Gasteiger partial charge in [0, 0.05) is 19.1 Å². The summed E-state index contributed by atoms with van der Waals surface area (Å²) in [6.07, 6.45) is 7.08. The van der Waals surface area contributed by atoms with Gasteiger partial charge in [0.25, 0.3) is 0 Å². The van der Waals surface area contributed by atoms with E-state index in [2.05, 4.69) is 16.3 Å². The minimum absolute atomic E-state index is 0.0441. The third-order valence-electron chi connectivity index (χ3n) is 4.35. The number of piperidine rings is 1. The highest BCUT2D eigenvalue weighted by molar-refractivity contribution is 5.49. The Balaban J connectivity index is 1.69. The molecule has 0 amide bonds. The van der Waals surface area contributed by atoms with Gasteiger partial charge in [0.15, 0.2) is 0 Å². The lowest BCUT2D eigenvalue weighted by Gasteiger charge is -2.29. The van der Waals surface area contributed by atoms with Gasteiger partial charge in [-0.25, -0.2) is 4.39 Å². The van der Waals surface area contributed by atoms with Crippen LogP contribution in [0.25, 0.3) is 0 Å². The van der Waals surface area contributed by atoms with E-state index >= 15 is 0 Å². The predicted molar refractivity (Wildman–Crippen MR) is 77.2 cm³/mol. The molecule has 2 heterocycles. The highest BCUT2D eigenvalue weighted by atomic mass is 19.1. The molecule has 1 aromatic carbocycles. The third-order valence-corrected chi connectivity index (χ3v) is 4.35. The number of halogens is 1. The average Bonchev–Trinajstić information content (AvgIpc) is 2.93. The van der Waals surface area contributed by atoms with Gasteiger partial charge < -0.3 is 10.2 Å². The molecule has 3 heteroatoms. The molecule has 0 saturated carbocycles. The fourth-order valence-corrected chi connectivity index (χ4v) is 3.28. The predicted octanol–water partition coefficient (Wildman–Crippen LogP) is 3.11. The van der Waals surface area contributed by atoms with Gasteiger partial charge in [-0.15, -0.1) is 0 Å². The van der Waals surface area contributed by atoms with Crippen LogP contribution >= 0.6 is 0 Å². The van der Waals surface area contributed by atoms with Crippen molar-refractivity contribution in [2.75, 3.05) is 24.5 Å². The Kier molecular flexibility index (Phi) is 4.02. The zero-order chi connectivity index (χ0) is 13.1. The van der Waals surface area contributed by atoms with Gasteiger partial charge in [-0.2, -0.15) is 0 Å².